The molecule has 0 aromatic carbocycles. The van der Waals surface area contributed by atoms with Crippen LogP contribution < -0.4 is 9.79 Å². The van der Waals surface area contributed by atoms with Crippen LogP contribution in [0.4, 0.5) is 0 Å². The minimum Gasteiger partial charge on any atom is -0.598 e. The number of hydrogen-bond acceptors (Lipinski definition) is 3. The first kappa shape index (κ1) is 15.8. The van der Waals surface area contributed by atoms with Gasteiger partial charge in [-0.2, -0.15) is 9.90 Å². The van der Waals surface area contributed by atoms with Gasteiger partial charge in [-0.3, -0.25) is 0 Å². The molecule has 0 N–H and O–H groups in total. The predicted molar refractivity (Wildman–Crippen MR) is 18.7 cm³/mol. The van der Waals surface area contributed by atoms with E-state index >= 15 is 0 Å². The number of rotatable bonds is 0. The third-order valence-electron chi connectivity index (χ3n) is 0. The first-order valence-corrected chi connectivity index (χ1v) is 1.64. The normalized spacial score (nSPS) is 4.33. The summed E-state index contributed by atoms with van der Waals surface area (Å²) in [5, 5.41) is 0. The van der Waals surface area contributed by atoms with Crippen LogP contribution in [0.3, 0.4) is 0 Å². The van der Waals surface area contributed by atoms with Gasteiger partial charge in [-0.05, 0) is 0 Å². The fourth-order valence-electron chi connectivity index (χ4n) is 0. The summed E-state index contributed by atoms with van der Waals surface area (Å²) in [6, 6.07) is 0. The largest absolute Gasteiger partial charge is 2.00 e. The van der Waals surface area contributed by atoms with E-state index in [1.165, 1.54) is 0 Å². The molecule has 0 aliphatic carbocycles. The maximum Gasteiger partial charge on any atom is 2.00 e. The average molecular weight is 172 g/mol. The molecule has 3 nitrogen and oxygen atoms in total. The van der Waals surface area contributed by atoms with Crippen molar-refractivity contribution in [3.05, 3.63) is 0 Å². The van der Waals surface area contributed by atoms with Gasteiger partial charge in [0.05, 0.1) is 0 Å². The number of hydrogen-bond donors (Lipinski definition) is 0. The molecule has 40 valence electrons. The molecule has 0 spiro atoms. The molecule has 0 aromatic rings. The van der Waals surface area contributed by atoms with E-state index in [1.807, 2.05) is 0 Å². The molecule has 0 radical (unpaired) electrons. The molecule has 0 saturated heterocycles. The molecule has 0 fully saturated rings. The smallest absolute Gasteiger partial charge is 0.598 e. The Morgan fingerprint density at radius 2 is 1.33 bits per heavy atom. The Kier molecular flexibility index (Phi) is 24.6. The van der Waals surface area contributed by atoms with Crippen molar-refractivity contribution in [2.24, 2.45) is 0 Å². The van der Waals surface area contributed by atoms with E-state index in [2.05, 4.69) is 0 Å². The molecule has 1 unspecified atom stereocenters. The van der Waals surface area contributed by atoms with Crippen LogP contribution in [0.25, 0.3) is 0 Å². The first-order valence-electron chi connectivity index (χ1n) is 0.548. The Hall–Kier alpha value is 0.944. The Bertz CT molecular complexity index is 31.8. The summed E-state index contributed by atoms with van der Waals surface area (Å²) in [4.78, 5) is 17.0. The quantitative estimate of drug-likeness (QED) is 0.327. The minimum atomic E-state index is -3.37. The summed E-state index contributed by atoms with van der Waals surface area (Å²) in [5.74, 6) is 0. The van der Waals surface area contributed by atoms with Crippen LogP contribution in [0.1, 0.15) is 0 Å². The molecule has 0 amide bonds. The Morgan fingerprint density at radius 3 is 1.33 bits per heavy atom. The molecule has 0 rings (SSSR count). The third-order valence-corrected chi connectivity index (χ3v) is 0. The van der Waals surface area contributed by atoms with E-state index in [4.69, 9.17) is 14.4 Å². The van der Waals surface area contributed by atoms with Gasteiger partial charge in [-0.1, -0.05) is 4.57 Å². The summed E-state index contributed by atoms with van der Waals surface area (Å²) >= 11 is 0. The van der Waals surface area contributed by atoms with Crippen LogP contribution in [0.5, 0.6) is 0 Å². The summed E-state index contributed by atoms with van der Waals surface area (Å²) in [6.07, 6.45) is 0. The molecule has 0 heterocycles. The van der Waals surface area contributed by atoms with Crippen molar-refractivity contribution in [2.45, 2.75) is 0 Å². The zero-order valence-corrected chi connectivity index (χ0v) is 5.99. The van der Waals surface area contributed by atoms with Crippen molar-refractivity contribution in [2.75, 3.05) is 0 Å². The fourth-order valence-corrected chi connectivity index (χ4v) is 0. The second-order valence-corrected chi connectivity index (χ2v) is 0.671. The van der Waals surface area contributed by atoms with Gasteiger partial charge in [-0.15, -0.1) is 0 Å². The SMILES string of the molecule is O=[P+]([O-])[O-].P.[Ni+2]. The van der Waals surface area contributed by atoms with Gasteiger partial charge in [0, 0.05) is 0 Å². The van der Waals surface area contributed by atoms with Crippen molar-refractivity contribution in [3.8, 4) is 0 Å². The van der Waals surface area contributed by atoms with Crippen LogP contribution in [-0.4, -0.2) is 0 Å². The Balaban J connectivity index is -0.0000000450. The molecule has 0 saturated carbocycles. The van der Waals surface area contributed by atoms with Crippen LogP contribution in [-0.2, 0) is 21.1 Å². The van der Waals surface area contributed by atoms with Crippen LogP contribution in [0, 0.1) is 0 Å². The molecule has 1 atom stereocenters. The van der Waals surface area contributed by atoms with E-state index < -0.39 is 8.25 Å². The maximum atomic E-state index is 8.48. The predicted octanol–water partition coefficient (Wildman–Crippen LogP) is -1.58. The van der Waals surface area contributed by atoms with Gasteiger partial charge in [0.1, 0.15) is 0 Å². The van der Waals surface area contributed by atoms with E-state index in [-0.39, 0.29) is 26.4 Å². The minimum absolute atomic E-state index is 0. The second kappa shape index (κ2) is 9.34. The zero-order valence-electron chi connectivity index (χ0n) is 2.70. The van der Waals surface area contributed by atoms with E-state index in [0.29, 0.717) is 0 Å². The topological polar surface area (TPSA) is 63.2 Å². The molecule has 6 heavy (non-hydrogen) atoms. The monoisotopic (exact) mass is 171 g/mol. The van der Waals surface area contributed by atoms with Gasteiger partial charge in [-0.25, -0.2) is 0 Å². The van der Waals surface area contributed by atoms with Crippen LogP contribution in [0.15, 0.2) is 0 Å². The van der Waals surface area contributed by atoms with Gasteiger partial charge < -0.3 is 9.79 Å². The van der Waals surface area contributed by atoms with Crippen LogP contribution in [0.2, 0.25) is 0 Å². The van der Waals surface area contributed by atoms with Crippen LogP contribution >= 0.6 is 18.2 Å². The summed E-state index contributed by atoms with van der Waals surface area (Å²) in [5.41, 5.74) is 0. The van der Waals surface area contributed by atoms with Gasteiger partial charge in [0.2, 0.25) is 0 Å². The Morgan fingerprint density at radius 1 is 1.33 bits per heavy atom. The maximum absolute atomic E-state index is 8.48. The van der Waals surface area contributed by atoms with Crippen molar-refractivity contribution < 1.29 is 30.8 Å². The summed E-state index contributed by atoms with van der Waals surface area (Å²) in [6.45, 7) is 0. The molecule has 6 heteroatoms. The molecule has 0 bridgehead atoms. The molecular weight excluding hydrogens is 169 g/mol. The fraction of sp³-hybridized carbons (Fsp3) is 0. The zero-order chi connectivity index (χ0) is 3.58. The van der Waals surface area contributed by atoms with Gasteiger partial charge in [0.15, 0.2) is 0 Å². The van der Waals surface area contributed by atoms with E-state index in [1.54, 1.807) is 0 Å². The summed E-state index contributed by atoms with van der Waals surface area (Å²) < 4.78 is 8.48. The molecule has 0 aromatic heterocycles. The van der Waals surface area contributed by atoms with E-state index in [0.717, 1.165) is 0 Å². The first-order chi connectivity index (χ1) is 1.73. The van der Waals surface area contributed by atoms with Crippen molar-refractivity contribution in [1.82, 2.24) is 0 Å². The van der Waals surface area contributed by atoms with Gasteiger partial charge >= 0.3 is 16.5 Å². The standard InChI is InChI=1S/Ni.HO3P.H3P/c;1-4(2)3;/h;(H,1,2,3);1H3/q+2;;/p-1. The van der Waals surface area contributed by atoms with E-state index in [9.17, 15) is 0 Å². The Labute approximate surface area is 49.6 Å². The van der Waals surface area contributed by atoms with Gasteiger partial charge in [0.25, 0.3) is 8.25 Å². The molecule has 0 aliphatic rings. The van der Waals surface area contributed by atoms with Crippen molar-refractivity contribution in [3.63, 3.8) is 0 Å². The molecule has 0 aliphatic heterocycles. The third kappa shape index (κ3) is 86.4. The van der Waals surface area contributed by atoms with Crippen molar-refractivity contribution >= 4 is 18.2 Å². The second-order valence-electron chi connectivity index (χ2n) is 0.224. The average Bonchev–Trinajstić information content (AvgIpc) is 0.811. The van der Waals surface area contributed by atoms with Crippen molar-refractivity contribution in [1.29, 1.82) is 0 Å². The summed E-state index contributed by atoms with van der Waals surface area (Å²) in [7, 11) is -3.37. The molecular formula is H3NiO3P2+.